The standard InChI is InChI=1S/C17H17Cl2NO4S/c1-3-20(4-2)25(22,23)13-8-5-7-12(11-13)17(21)24-15-10-6-9-14(18)16(15)19/h5-11H,3-4H2,1-2H3. The van der Waals surface area contributed by atoms with Crippen LogP contribution in [0.5, 0.6) is 5.75 Å². The van der Waals surface area contributed by atoms with Crippen LogP contribution in [0, 0.1) is 0 Å². The van der Waals surface area contributed by atoms with Crippen molar-refractivity contribution in [1.82, 2.24) is 4.31 Å². The van der Waals surface area contributed by atoms with Gasteiger partial charge in [0.25, 0.3) is 0 Å². The van der Waals surface area contributed by atoms with Crippen molar-refractivity contribution in [3.63, 3.8) is 0 Å². The topological polar surface area (TPSA) is 63.7 Å². The second kappa shape index (κ2) is 8.19. The summed E-state index contributed by atoms with van der Waals surface area (Å²) in [4.78, 5) is 12.4. The van der Waals surface area contributed by atoms with E-state index in [9.17, 15) is 13.2 Å². The van der Waals surface area contributed by atoms with Crippen LogP contribution in [0.1, 0.15) is 24.2 Å². The molecule has 2 aromatic carbocycles. The van der Waals surface area contributed by atoms with Crippen LogP contribution in [0.15, 0.2) is 47.4 Å². The molecule has 0 radical (unpaired) electrons. The SMILES string of the molecule is CCN(CC)S(=O)(=O)c1cccc(C(=O)Oc2cccc(Cl)c2Cl)c1. The van der Waals surface area contributed by atoms with E-state index in [2.05, 4.69) is 0 Å². The molecule has 2 rings (SSSR count). The molecule has 5 nitrogen and oxygen atoms in total. The normalized spacial score (nSPS) is 11.6. The zero-order valence-corrected chi connectivity index (χ0v) is 16.0. The summed E-state index contributed by atoms with van der Waals surface area (Å²) in [6.45, 7) is 4.18. The lowest BCUT2D eigenvalue weighted by molar-refractivity contribution is 0.0734. The Labute approximate surface area is 157 Å². The van der Waals surface area contributed by atoms with Gasteiger partial charge in [0.05, 0.1) is 15.5 Å². The molecule has 0 aromatic heterocycles. The van der Waals surface area contributed by atoms with Gasteiger partial charge in [-0.1, -0.05) is 49.2 Å². The Balaban J connectivity index is 2.32. The maximum Gasteiger partial charge on any atom is 0.343 e. The van der Waals surface area contributed by atoms with Crippen molar-refractivity contribution in [2.24, 2.45) is 0 Å². The van der Waals surface area contributed by atoms with Crippen LogP contribution in [0.4, 0.5) is 0 Å². The molecule has 0 bridgehead atoms. The lowest BCUT2D eigenvalue weighted by Gasteiger charge is -2.18. The third-order valence-electron chi connectivity index (χ3n) is 3.53. The fourth-order valence-corrected chi connectivity index (χ4v) is 4.05. The summed E-state index contributed by atoms with van der Waals surface area (Å²) in [5.41, 5.74) is 0.101. The summed E-state index contributed by atoms with van der Waals surface area (Å²) in [5, 5.41) is 0.370. The van der Waals surface area contributed by atoms with E-state index >= 15 is 0 Å². The number of carbonyl (C=O) groups excluding carboxylic acids is 1. The van der Waals surface area contributed by atoms with Gasteiger partial charge >= 0.3 is 5.97 Å². The summed E-state index contributed by atoms with van der Waals surface area (Å²) in [6, 6.07) is 10.4. The lowest BCUT2D eigenvalue weighted by Crippen LogP contribution is -2.30. The Morgan fingerprint density at radius 2 is 1.72 bits per heavy atom. The van der Waals surface area contributed by atoms with Crippen molar-refractivity contribution >= 4 is 39.2 Å². The molecule has 0 aliphatic carbocycles. The summed E-state index contributed by atoms with van der Waals surface area (Å²) in [6.07, 6.45) is 0. The number of esters is 1. The molecule has 0 heterocycles. The molecule has 2 aromatic rings. The van der Waals surface area contributed by atoms with Crippen molar-refractivity contribution in [1.29, 1.82) is 0 Å². The van der Waals surface area contributed by atoms with Crippen LogP contribution >= 0.6 is 23.2 Å². The summed E-state index contributed by atoms with van der Waals surface area (Å²) >= 11 is 11.9. The number of carbonyl (C=O) groups is 1. The number of nitrogens with zero attached hydrogens (tertiary/aromatic N) is 1. The predicted molar refractivity (Wildman–Crippen MR) is 98.0 cm³/mol. The van der Waals surface area contributed by atoms with E-state index in [0.29, 0.717) is 13.1 Å². The number of benzene rings is 2. The molecule has 0 N–H and O–H groups in total. The molecule has 8 heteroatoms. The van der Waals surface area contributed by atoms with E-state index in [1.165, 1.54) is 34.6 Å². The second-order valence-electron chi connectivity index (χ2n) is 5.06. The maximum absolute atomic E-state index is 12.6. The first-order valence-electron chi connectivity index (χ1n) is 7.57. The van der Waals surface area contributed by atoms with Crippen LogP contribution < -0.4 is 4.74 Å². The Bertz CT molecular complexity index is 880. The predicted octanol–water partition coefficient (Wildman–Crippen LogP) is 4.24. The van der Waals surface area contributed by atoms with Gasteiger partial charge in [-0.25, -0.2) is 13.2 Å². The van der Waals surface area contributed by atoms with Crippen molar-refractivity contribution < 1.29 is 17.9 Å². The number of hydrogen-bond acceptors (Lipinski definition) is 4. The van der Waals surface area contributed by atoms with E-state index < -0.39 is 16.0 Å². The fraction of sp³-hybridized carbons (Fsp3) is 0.235. The minimum absolute atomic E-state index is 0.0304. The number of hydrogen-bond donors (Lipinski definition) is 0. The molecule has 0 aliphatic rings. The van der Waals surface area contributed by atoms with Gasteiger partial charge in [0.2, 0.25) is 10.0 Å². The molecule has 0 fully saturated rings. The third-order valence-corrected chi connectivity index (χ3v) is 6.38. The average molecular weight is 402 g/mol. The van der Waals surface area contributed by atoms with Crippen molar-refractivity contribution in [3.05, 3.63) is 58.1 Å². The van der Waals surface area contributed by atoms with Gasteiger partial charge in [0, 0.05) is 13.1 Å². The van der Waals surface area contributed by atoms with Gasteiger partial charge in [-0.2, -0.15) is 4.31 Å². The molecular weight excluding hydrogens is 385 g/mol. The number of sulfonamides is 1. The molecule has 0 spiro atoms. The monoisotopic (exact) mass is 401 g/mol. The molecule has 134 valence electrons. The first kappa shape index (κ1) is 19.7. The Kier molecular flexibility index (Phi) is 6.46. The minimum Gasteiger partial charge on any atom is -0.421 e. The van der Waals surface area contributed by atoms with E-state index in [0.717, 1.165) is 0 Å². The molecule has 0 saturated heterocycles. The highest BCUT2D eigenvalue weighted by Crippen LogP contribution is 2.32. The van der Waals surface area contributed by atoms with Gasteiger partial charge in [-0.15, -0.1) is 0 Å². The van der Waals surface area contributed by atoms with Crippen molar-refractivity contribution in [3.8, 4) is 5.75 Å². The first-order valence-corrected chi connectivity index (χ1v) is 9.77. The Morgan fingerprint density at radius 3 is 2.36 bits per heavy atom. The number of rotatable bonds is 6. The summed E-state index contributed by atoms with van der Waals surface area (Å²) < 4.78 is 31.7. The molecule has 0 amide bonds. The summed E-state index contributed by atoms with van der Waals surface area (Å²) in [7, 11) is -3.67. The molecular formula is C17H17Cl2NO4S. The highest BCUT2D eigenvalue weighted by atomic mass is 35.5. The minimum atomic E-state index is -3.67. The Hall–Kier alpha value is -1.60. The van der Waals surface area contributed by atoms with Gasteiger partial charge in [-0.3, -0.25) is 0 Å². The largest absolute Gasteiger partial charge is 0.421 e. The third kappa shape index (κ3) is 4.33. The van der Waals surface area contributed by atoms with Gasteiger partial charge in [-0.05, 0) is 30.3 Å². The second-order valence-corrected chi connectivity index (χ2v) is 7.78. The van der Waals surface area contributed by atoms with Crippen molar-refractivity contribution in [2.75, 3.05) is 13.1 Å². The van der Waals surface area contributed by atoms with E-state index in [4.69, 9.17) is 27.9 Å². The smallest absolute Gasteiger partial charge is 0.343 e. The average Bonchev–Trinajstić information content (AvgIpc) is 2.60. The number of halogens is 2. The quantitative estimate of drug-likeness (QED) is 0.536. The van der Waals surface area contributed by atoms with Gasteiger partial charge in [0.15, 0.2) is 5.75 Å². The first-order chi connectivity index (χ1) is 11.8. The van der Waals surface area contributed by atoms with Crippen LogP contribution in [-0.4, -0.2) is 31.8 Å². The highest BCUT2D eigenvalue weighted by molar-refractivity contribution is 7.89. The van der Waals surface area contributed by atoms with Crippen LogP contribution in [0.2, 0.25) is 10.0 Å². The van der Waals surface area contributed by atoms with Crippen LogP contribution in [0.25, 0.3) is 0 Å². The molecule has 0 atom stereocenters. The fourth-order valence-electron chi connectivity index (χ4n) is 2.22. The molecule has 25 heavy (non-hydrogen) atoms. The number of ether oxygens (including phenoxy) is 1. The zero-order valence-electron chi connectivity index (χ0n) is 13.7. The lowest BCUT2D eigenvalue weighted by atomic mass is 10.2. The zero-order chi connectivity index (χ0) is 18.6. The van der Waals surface area contributed by atoms with Crippen LogP contribution in [0.3, 0.4) is 0 Å². The van der Waals surface area contributed by atoms with E-state index in [1.54, 1.807) is 26.0 Å². The van der Waals surface area contributed by atoms with Gasteiger partial charge in [0.1, 0.15) is 5.02 Å². The van der Waals surface area contributed by atoms with E-state index in [-0.39, 0.29) is 26.3 Å². The Morgan fingerprint density at radius 1 is 1.08 bits per heavy atom. The molecule has 0 unspecified atom stereocenters. The highest BCUT2D eigenvalue weighted by Gasteiger charge is 2.23. The maximum atomic E-state index is 12.6. The van der Waals surface area contributed by atoms with Crippen molar-refractivity contribution in [2.45, 2.75) is 18.7 Å². The van der Waals surface area contributed by atoms with E-state index in [1.807, 2.05) is 0 Å². The molecule has 0 aliphatic heterocycles. The molecule has 0 saturated carbocycles. The van der Waals surface area contributed by atoms with Gasteiger partial charge < -0.3 is 4.74 Å². The summed E-state index contributed by atoms with van der Waals surface area (Å²) in [5.74, 6) is -0.614. The van der Waals surface area contributed by atoms with Crippen LogP contribution in [-0.2, 0) is 10.0 Å².